The quantitative estimate of drug-likeness (QED) is 0.503. The van der Waals surface area contributed by atoms with Crippen molar-refractivity contribution >= 4 is 17.6 Å². The zero-order valence-electron chi connectivity index (χ0n) is 15.9. The van der Waals surface area contributed by atoms with Gasteiger partial charge in [0.05, 0.1) is 12.3 Å². The van der Waals surface area contributed by atoms with E-state index in [1.807, 2.05) is 25.1 Å². The van der Waals surface area contributed by atoms with Gasteiger partial charge in [0.2, 0.25) is 0 Å². The molecule has 4 nitrogen and oxygen atoms in total. The van der Waals surface area contributed by atoms with Crippen LogP contribution in [0.3, 0.4) is 0 Å². The molecule has 0 aromatic heterocycles. The van der Waals surface area contributed by atoms with Crippen LogP contribution in [0, 0.1) is 0 Å². The third-order valence-corrected chi connectivity index (χ3v) is 4.18. The Hall–Kier alpha value is -2.75. The highest BCUT2D eigenvalue weighted by atomic mass is 16.5. The van der Waals surface area contributed by atoms with Gasteiger partial charge in [-0.15, -0.1) is 6.58 Å². The highest BCUT2D eigenvalue weighted by Gasteiger charge is 2.09. The van der Waals surface area contributed by atoms with Crippen LogP contribution in [0.15, 0.2) is 54.0 Å². The molecule has 0 radical (unpaired) electrons. The molecule has 0 aliphatic carbocycles. The maximum atomic E-state index is 10.3. The van der Waals surface area contributed by atoms with E-state index in [0.717, 1.165) is 29.9 Å². The Kier molecular flexibility index (Phi) is 7.27. The molecule has 0 saturated carbocycles. The minimum atomic E-state index is 0.174. The maximum absolute atomic E-state index is 10.3. The van der Waals surface area contributed by atoms with Gasteiger partial charge in [-0.25, -0.2) is 0 Å². The molecule has 0 aliphatic rings. The minimum absolute atomic E-state index is 0.174. The fourth-order valence-electron chi connectivity index (χ4n) is 2.83. The molecule has 2 aromatic carbocycles. The molecule has 2 aromatic rings. The van der Waals surface area contributed by atoms with Crippen LogP contribution in [0.1, 0.15) is 31.9 Å². The van der Waals surface area contributed by atoms with Crippen molar-refractivity contribution in [2.75, 3.05) is 24.6 Å². The van der Waals surface area contributed by atoms with E-state index in [0.29, 0.717) is 18.8 Å². The Morgan fingerprint density at radius 3 is 2.38 bits per heavy atom. The van der Waals surface area contributed by atoms with Gasteiger partial charge in [0.1, 0.15) is 0 Å². The van der Waals surface area contributed by atoms with Crippen LogP contribution < -0.4 is 9.64 Å². The predicted molar refractivity (Wildman–Crippen MR) is 110 cm³/mol. The first-order chi connectivity index (χ1) is 12.6. The number of hydrogen-bond acceptors (Lipinski definition) is 4. The molecule has 0 saturated heterocycles. The molecule has 2 rings (SSSR count). The summed E-state index contributed by atoms with van der Waals surface area (Å²) < 4.78 is 5.53. The lowest BCUT2D eigenvalue weighted by Crippen LogP contribution is -2.21. The zero-order chi connectivity index (χ0) is 18.9. The number of ether oxygens (including phenoxy) is 1. The summed E-state index contributed by atoms with van der Waals surface area (Å²) in [5.41, 5.74) is 3.75. The molecule has 0 bridgehead atoms. The molecule has 0 heterocycles. The Labute approximate surface area is 156 Å². The van der Waals surface area contributed by atoms with Gasteiger partial charge in [-0.3, -0.25) is 4.99 Å². The number of nitrogens with zero attached hydrogens (tertiary/aromatic N) is 2. The average molecular weight is 352 g/mol. The Bertz CT molecular complexity index is 747. The average Bonchev–Trinajstić information content (AvgIpc) is 2.66. The van der Waals surface area contributed by atoms with Crippen LogP contribution in [0.2, 0.25) is 0 Å². The SMILES string of the molecule is C=CCc1cc(C=Nc2ccc(N(CC)CC)cc2)cc(OCC)c1O. The van der Waals surface area contributed by atoms with Crippen molar-refractivity contribution in [2.45, 2.75) is 27.2 Å². The summed E-state index contributed by atoms with van der Waals surface area (Å²) in [6, 6.07) is 11.9. The van der Waals surface area contributed by atoms with E-state index in [4.69, 9.17) is 4.74 Å². The Morgan fingerprint density at radius 2 is 1.81 bits per heavy atom. The lowest BCUT2D eigenvalue weighted by molar-refractivity contribution is 0.317. The summed E-state index contributed by atoms with van der Waals surface area (Å²) in [5.74, 6) is 0.651. The third kappa shape index (κ3) is 4.88. The standard InChI is InChI=1S/C22H28N2O2/c1-5-9-18-14-17(15-21(22(18)25)26-8-4)16-23-19-10-12-20(13-11-19)24(6-2)7-3/h5,10-16,25H,1,6-9H2,2-4H3. The monoisotopic (exact) mass is 352 g/mol. The number of hydrogen-bond donors (Lipinski definition) is 1. The van der Waals surface area contributed by atoms with Crippen LogP contribution in [-0.4, -0.2) is 31.0 Å². The number of phenols is 1. The van der Waals surface area contributed by atoms with Crippen LogP contribution in [0.4, 0.5) is 11.4 Å². The van der Waals surface area contributed by atoms with Crippen molar-refractivity contribution < 1.29 is 9.84 Å². The fraction of sp³-hybridized carbons (Fsp3) is 0.318. The first-order valence-corrected chi connectivity index (χ1v) is 9.11. The number of phenolic OH excluding ortho intramolecular Hbond substituents is 1. The maximum Gasteiger partial charge on any atom is 0.161 e. The fourth-order valence-corrected chi connectivity index (χ4v) is 2.83. The second-order valence-electron chi connectivity index (χ2n) is 5.90. The van der Waals surface area contributed by atoms with Gasteiger partial charge in [-0.05, 0) is 69.2 Å². The summed E-state index contributed by atoms with van der Waals surface area (Å²) in [6.45, 7) is 12.4. The van der Waals surface area contributed by atoms with Crippen LogP contribution in [-0.2, 0) is 6.42 Å². The number of rotatable bonds is 9. The predicted octanol–water partition coefficient (Wildman–Crippen LogP) is 5.12. The van der Waals surface area contributed by atoms with Crippen LogP contribution in [0.25, 0.3) is 0 Å². The highest BCUT2D eigenvalue weighted by Crippen LogP contribution is 2.32. The van der Waals surface area contributed by atoms with Crippen molar-refractivity contribution in [3.05, 3.63) is 60.2 Å². The molecule has 4 heteroatoms. The molecule has 0 unspecified atom stereocenters. The third-order valence-electron chi connectivity index (χ3n) is 4.18. The van der Waals surface area contributed by atoms with Gasteiger partial charge in [0.15, 0.2) is 11.5 Å². The van der Waals surface area contributed by atoms with E-state index < -0.39 is 0 Å². The molecule has 1 N–H and O–H groups in total. The van der Waals surface area contributed by atoms with Crippen LogP contribution in [0.5, 0.6) is 11.5 Å². The first-order valence-electron chi connectivity index (χ1n) is 9.11. The van der Waals surface area contributed by atoms with Crippen molar-refractivity contribution in [2.24, 2.45) is 4.99 Å². The van der Waals surface area contributed by atoms with Crippen molar-refractivity contribution in [1.82, 2.24) is 0 Å². The van der Waals surface area contributed by atoms with Gasteiger partial charge in [0.25, 0.3) is 0 Å². The van der Waals surface area contributed by atoms with Gasteiger partial charge < -0.3 is 14.7 Å². The summed E-state index contributed by atoms with van der Waals surface area (Å²) in [7, 11) is 0. The second kappa shape index (κ2) is 9.66. The normalized spacial score (nSPS) is 10.9. The topological polar surface area (TPSA) is 45.1 Å². The van der Waals surface area contributed by atoms with Crippen molar-refractivity contribution in [1.29, 1.82) is 0 Å². The van der Waals surface area contributed by atoms with E-state index in [1.165, 1.54) is 5.69 Å². The van der Waals surface area contributed by atoms with E-state index in [9.17, 15) is 5.11 Å². The minimum Gasteiger partial charge on any atom is -0.504 e. The molecule has 26 heavy (non-hydrogen) atoms. The molecular weight excluding hydrogens is 324 g/mol. The van der Waals surface area contributed by atoms with E-state index in [2.05, 4.69) is 42.5 Å². The number of aromatic hydroxyl groups is 1. The number of aliphatic imine (C=N–C) groups is 1. The molecular formula is C22H28N2O2. The summed E-state index contributed by atoms with van der Waals surface area (Å²) >= 11 is 0. The molecule has 0 spiro atoms. The zero-order valence-corrected chi connectivity index (χ0v) is 15.9. The van der Waals surface area contributed by atoms with Crippen molar-refractivity contribution in [3.63, 3.8) is 0 Å². The smallest absolute Gasteiger partial charge is 0.161 e. The van der Waals surface area contributed by atoms with E-state index in [-0.39, 0.29) is 5.75 Å². The number of benzene rings is 2. The highest BCUT2D eigenvalue weighted by molar-refractivity contribution is 5.84. The number of anilines is 1. The summed E-state index contributed by atoms with van der Waals surface area (Å²) in [4.78, 5) is 6.85. The number of allylic oxidation sites excluding steroid dienone is 1. The van der Waals surface area contributed by atoms with Gasteiger partial charge in [-0.1, -0.05) is 6.08 Å². The Balaban J connectivity index is 2.25. The Morgan fingerprint density at radius 1 is 1.12 bits per heavy atom. The summed E-state index contributed by atoms with van der Waals surface area (Å²) in [5, 5.41) is 10.3. The van der Waals surface area contributed by atoms with Gasteiger partial charge in [0, 0.05) is 30.6 Å². The molecule has 0 fully saturated rings. The van der Waals surface area contributed by atoms with Crippen LogP contribution >= 0.6 is 0 Å². The van der Waals surface area contributed by atoms with E-state index >= 15 is 0 Å². The lowest BCUT2D eigenvalue weighted by Gasteiger charge is -2.20. The first kappa shape index (κ1) is 19.6. The van der Waals surface area contributed by atoms with E-state index in [1.54, 1.807) is 18.4 Å². The van der Waals surface area contributed by atoms with Crippen molar-refractivity contribution in [3.8, 4) is 11.5 Å². The molecule has 0 aliphatic heterocycles. The van der Waals surface area contributed by atoms with Gasteiger partial charge >= 0.3 is 0 Å². The summed E-state index contributed by atoms with van der Waals surface area (Å²) in [6.07, 6.45) is 4.13. The lowest BCUT2D eigenvalue weighted by atomic mass is 10.1. The van der Waals surface area contributed by atoms with Gasteiger partial charge in [-0.2, -0.15) is 0 Å². The largest absolute Gasteiger partial charge is 0.504 e. The second-order valence-corrected chi connectivity index (χ2v) is 5.90. The molecule has 0 amide bonds. The molecule has 138 valence electrons. The molecule has 0 atom stereocenters.